The molecule has 17 heavy (non-hydrogen) atoms. The van der Waals surface area contributed by atoms with Crippen molar-refractivity contribution < 1.29 is 8.81 Å². The SMILES string of the molecule is Cc1cc(C(Br)c2ccc(Br)o2)cc(C)c1F. The molecule has 0 aliphatic carbocycles. The number of furan rings is 1. The Morgan fingerprint density at radius 1 is 1.18 bits per heavy atom. The number of benzene rings is 1. The summed E-state index contributed by atoms with van der Waals surface area (Å²) in [7, 11) is 0. The number of hydrogen-bond donors (Lipinski definition) is 0. The summed E-state index contributed by atoms with van der Waals surface area (Å²) in [5, 5.41) is 0. The van der Waals surface area contributed by atoms with E-state index in [4.69, 9.17) is 4.42 Å². The molecule has 2 aromatic rings. The summed E-state index contributed by atoms with van der Waals surface area (Å²) in [5.41, 5.74) is 2.29. The third-order valence-electron chi connectivity index (χ3n) is 2.60. The summed E-state index contributed by atoms with van der Waals surface area (Å²) in [6.45, 7) is 3.53. The summed E-state index contributed by atoms with van der Waals surface area (Å²) in [6.07, 6.45) is 0. The van der Waals surface area contributed by atoms with Crippen LogP contribution in [0.3, 0.4) is 0 Å². The molecule has 0 saturated carbocycles. The predicted molar refractivity (Wildman–Crippen MR) is 73.1 cm³/mol. The van der Waals surface area contributed by atoms with Crippen molar-refractivity contribution in [2.24, 2.45) is 0 Å². The molecule has 1 heterocycles. The molecule has 0 fully saturated rings. The van der Waals surface area contributed by atoms with Gasteiger partial charge in [0.2, 0.25) is 0 Å². The van der Waals surface area contributed by atoms with E-state index in [1.54, 1.807) is 13.8 Å². The molecule has 1 nitrogen and oxygen atoms in total. The summed E-state index contributed by atoms with van der Waals surface area (Å²) >= 11 is 6.83. The first-order valence-corrected chi connectivity index (χ1v) is 6.86. The molecule has 90 valence electrons. The van der Waals surface area contributed by atoms with Gasteiger partial charge in [0, 0.05) is 0 Å². The van der Waals surface area contributed by atoms with E-state index >= 15 is 0 Å². The molecule has 0 aliphatic rings. The maximum Gasteiger partial charge on any atom is 0.169 e. The summed E-state index contributed by atoms with van der Waals surface area (Å²) in [5.74, 6) is 0.649. The normalized spacial score (nSPS) is 12.8. The molecule has 1 aromatic heterocycles. The van der Waals surface area contributed by atoms with E-state index in [1.165, 1.54) is 0 Å². The molecule has 1 aromatic carbocycles. The molecule has 0 amide bonds. The van der Waals surface area contributed by atoms with E-state index in [9.17, 15) is 4.39 Å². The highest BCUT2D eigenvalue weighted by Gasteiger charge is 2.16. The average molecular weight is 362 g/mol. The van der Waals surface area contributed by atoms with Gasteiger partial charge < -0.3 is 4.42 Å². The highest BCUT2D eigenvalue weighted by Crippen LogP contribution is 2.34. The van der Waals surface area contributed by atoms with Crippen molar-refractivity contribution in [2.75, 3.05) is 0 Å². The van der Waals surface area contributed by atoms with Gasteiger partial charge in [-0.2, -0.15) is 0 Å². The maximum absolute atomic E-state index is 13.5. The van der Waals surface area contributed by atoms with Crippen LogP contribution < -0.4 is 0 Å². The van der Waals surface area contributed by atoms with Crippen molar-refractivity contribution in [1.82, 2.24) is 0 Å². The van der Waals surface area contributed by atoms with Crippen LogP contribution in [-0.4, -0.2) is 0 Å². The first-order valence-electron chi connectivity index (χ1n) is 5.15. The minimum absolute atomic E-state index is 0.0631. The van der Waals surface area contributed by atoms with E-state index in [-0.39, 0.29) is 10.6 Å². The zero-order chi connectivity index (χ0) is 12.6. The van der Waals surface area contributed by atoms with Crippen LogP contribution in [0, 0.1) is 19.7 Å². The van der Waals surface area contributed by atoms with E-state index in [0.717, 1.165) is 11.3 Å². The second-order valence-electron chi connectivity index (χ2n) is 3.97. The minimum Gasteiger partial charge on any atom is -0.453 e. The number of halogens is 3. The monoisotopic (exact) mass is 360 g/mol. The molecule has 1 atom stereocenters. The second-order valence-corrected chi connectivity index (χ2v) is 5.67. The lowest BCUT2D eigenvalue weighted by Gasteiger charge is -2.10. The second kappa shape index (κ2) is 4.94. The maximum atomic E-state index is 13.5. The Hall–Kier alpha value is -0.610. The molecule has 0 aliphatic heterocycles. The van der Waals surface area contributed by atoms with E-state index in [1.807, 2.05) is 24.3 Å². The van der Waals surface area contributed by atoms with Crippen molar-refractivity contribution in [2.45, 2.75) is 18.7 Å². The van der Waals surface area contributed by atoms with Gasteiger partial charge in [-0.3, -0.25) is 0 Å². The molecular weight excluding hydrogens is 351 g/mol. The number of rotatable bonds is 2. The van der Waals surface area contributed by atoms with Crippen LogP contribution in [-0.2, 0) is 0 Å². The van der Waals surface area contributed by atoms with Crippen molar-refractivity contribution >= 4 is 31.9 Å². The fourth-order valence-electron chi connectivity index (χ4n) is 1.75. The van der Waals surface area contributed by atoms with Gasteiger partial charge >= 0.3 is 0 Å². The standard InChI is InChI=1S/C13H11Br2FO/c1-7-5-9(6-8(2)13(7)16)12(15)10-3-4-11(14)17-10/h3-6,12H,1-2H3. The van der Waals surface area contributed by atoms with Crippen LogP contribution in [0.15, 0.2) is 33.4 Å². The van der Waals surface area contributed by atoms with Crippen LogP contribution in [0.25, 0.3) is 0 Å². The molecule has 0 N–H and O–H groups in total. The third-order valence-corrected chi connectivity index (χ3v) is 4.00. The fourth-order valence-corrected chi connectivity index (χ4v) is 2.58. The van der Waals surface area contributed by atoms with Crippen molar-refractivity contribution in [3.8, 4) is 0 Å². The summed E-state index contributed by atoms with van der Waals surface area (Å²) in [6, 6.07) is 7.39. The highest BCUT2D eigenvalue weighted by molar-refractivity contribution is 9.10. The Balaban J connectivity index is 2.41. The topological polar surface area (TPSA) is 13.1 Å². The molecule has 1 unspecified atom stereocenters. The van der Waals surface area contributed by atoms with Gasteiger partial charge in [0.15, 0.2) is 4.67 Å². The van der Waals surface area contributed by atoms with Crippen molar-refractivity contribution in [1.29, 1.82) is 0 Å². The van der Waals surface area contributed by atoms with Gasteiger partial charge in [0.05, 0.1) is 4.83 Å². The molecule has 2 rings (SSSR count). The third kappa shape index (κ3) is 2.63. The Morgan fingerprint density at radius 3 is 2.24 bits per heavy atom. The molecule has 0 saturated heterocycles. The number of aryl methyl sites for hydroxylation is 2. The Morgan fingerprint density at radius 2 is 1.76 bits per heavy atom. The van der Waals surface area contributed by atoms with Gasteiger partial charge in [-0.1, -0.05) is 28.1 Å². The highest BCUT2D eigenvalue weighted by atomic mass is 79.9. The average Bonchev–Trinajstić information content (AvgIpc) is 2.71. The van der Waals surface area contributed by atoms with Crippen LogP contribution in [0.2, 0.25) is 0 Å². The minimum atomic E-state index is -0.144. The molecule has 0 spiro atoms. The largest absolute Gasteiger partial charge is 0.453 e. The zero-order valence-corrected chi connectivity index (χ0v) is 12.6. The Labute approximate surface area is 116 Å². The van der Waals surface area contributed by atoms with Crippen molar-refractivity contribution in [3.63, 3.8) is 0 Å². The molecular formula is C13H11Br2FO. The Bertz CT molecular complexity index is 525. The summed E-state index contributed by atoms with van der Waals surface area (Å²) in [4.78, 5) is -0.0631. The van der Waals surface area contributed by atoms with Gasteiger partial charge in [0.1, 0.15) is 11.6 Å². The number of alkyl halides is 1. The van der Waals surface area contributed by atoms with E-state index in [2.05, 4.69) is 31.9 Å². The van der Waals surface area contributed by atoms with Gasteiger partial charge in [-0.25, -0.2) is 4.39 Å². The smallest absolute Gasteiger partial charge is 0.169 e. The van der Waals surface area contributed by atoms with Gasteiger partial charge in [-0.05, 0) is 58.6 Å². The quantitative estimate of drug-likeness (QED) is 0.663. The zero-order valence-electron chi connectivity index (χ0n) is 9.43. The van der Waals surface area contributed by atoms with E-state index in [0.29, 0.717) is 15.8 Å². The lowest BCUT2D eigenvalue weighted by molar-refractivity contribution is 0.496. The first kappa shape index (κ1) is 12.8. The van der Waals surface area contributed by atoms with Crippen LogP contribution in [0.5, 0.6) is 0 Å². The molecule has 0 bridgehead atoms. The first-order chi connectivity index (χ1) is 7.99. The van der Waals surface area contributed by atoms with E-state index < -0.39 is 0 Å². The molecule has 4 heteroatoms. The lowest BCUT2D eigenvalue weighted by atomic mass is 10.0. The fraction of sp³-hybridized carbons (Fsp3) is 0.231. The van der Waals surface area contributed by atoms with Crippen LogP contribution >= 0.6 is 31.9 Å². The predicted octanol–water partition coefficient (Wildman–Crippen LogP) is 5.28. The van der Waals surface area contributed by atoms with Crippen LogP contribution in [0.1, 0.15) is 27.3 Å². The Kier molecular flexibility index (Phi) is 3.73. The summed E-state index contributed by atoms with van der Waals surface area (Å²) < 4.78 is 19.7. The van der Waals surface area contributed by atoms with Crippen molar-refractivity contribution in [3.05, 3.63) is 57.2 Å². The van der Waals surface area contributed by atoms with Crippen LogP contribution in [0.4, 0.5) is 4.39 Å². The molecule has 0 radical (unpaired) electrons. The number of hydrogen-bond acceptors (Lipinski definition) is 1. The lowest BCUT2D eigenvalue weighted by Crippen LogP contribution is -1.96. The van der Waals surface area contributed by atoms with Gasteiger partial charge in [-0.15, -0.1) is 0 Å². The van der Waals surface area contributed by atoms with Gasteiger partial charge in [0.25, 0.3) is 0 Å².